The number of fused-ring (bicyclic) bond motifs is 1. The van der Waals surface area contributed by atoms with E-state index in [-0.39, 0.29) is 35.0 Å². The number of hydrogen-bond donors (Lipinski definition) is 0. The topological polar surface area (TPSA) is 107 Å². The first-order valence-electron chi connectivity index (χ1n) is 6.94. The van der Waals surface area contributed by atoms with Crippen LogP contribution in [0.2, 0.25) is 0 Å². The Bertz CT molecular complexity index is 925. The molecule has 0 aromatic heterocycles. The van der Waals surface area contributed by atoms with Crippen LogP contribution < -0.4 is 4.74 Å². The Kier molecular flexibility index (Phi) is 3.94. The molecule has 0 unspecified atom stereocenters. The van der Waals surface area contributed by atoms with Crippen LogP contribution in [-0.4, -0.2) is 36.7 Å². The summed E-state index contributed by atoms with van der Waals surface area (Å²) in [7, 11) is -3.88. The van der Waals surface area contributed by atoms with Gasteiger partial charge in [0.1, 0.15) is 17.3 Å². The van der Waals surface area contributed by atoms with Gasteiger partial charge in [0.15, 0.2) is 0 Å². The second-order valence-corrected chi connectivity index (χ2v) is 6.81. The lowest BCUT2D eigenvalue weighted by molar-refractivity contribution is -0.384. The summed E-state index contributed by atoms with van der Waals surface area (Å²) in [5, 5.41) is 10.7. The van der Waals surface area contributed by atoms with E-state index >= 15 is 0 Å². The molecule has 0 radical (unpaired) electrons. The third-order valence-electron chi connectivity index (χ3n) is 3.50. The van der Waals surface area contributed by atoms with E-state index in [9.17, 15) is 23.3 Å². The number of carbonyl (C=O) groups excluding carboxylic acids is 1. The van der Waals surface area contributed by atoms with Crippen LogP contribution in [0.15, 0.2) is 53.4 Å². The van der Waals surface area contributed by atoms with Crippen molar-refractivity contribution in [2.24, 2.45) is 0 Å². The minimum Gasteiger partial charge on any atom is -0.491 e. The number of hydrogen-bond acceptors (Lipinski definition) is 6. The normalized spacial score (nSPS) is 15.2. The molecular weight excluding hydrogens is 336 g/mol. The van der Waals surface area contributed by atoms with Crippen molar-refractivity contribution in [1.29, 1.82) is 0 Å². The number of benzene rings is 2. The average Bonchev–Trinajstić information content (AvgIpc) is 2.76. The summed E-state index contributed by atoms with van der Waals surface area (Å²) in [6.07, 6.45) is 0. The van der Waals surface area contributed by atoms with Crippen molar-refractivity contribution < 1.29 is 22.9 Å². The first-order valence-corrected chi connectivity index (χ1v) is 8.38. The van der Waals surface area contributed by atoms with Crippen molar-refractivity contribution in [3.8, 4) is 5.75 Å². The molecule has 3 rings (SSSR count). The minimum absolute atomic E-state index is 0.0228. The van der Waals surface area contributed by atoms with Crippen LogP contribution in [0.1, 0.15) is 10.4 Å². The molecule has 0 fully saturated rings. The van der Waals surface area contributed by atoms with E-state index in [4.69, 9.17) is 4.74 Å². The van der Waals surface area contributed by atoms with Gasteiger partial charge in [-0.3, -0.25) is 14.9 Å². The van der Waals surface area contributed by atoms with Crippen molar-refractivity contribution in [2.45, 2.75) is 4.90 Å². The van der Waals surface area contributed by atoms with Gasteiger partial charge in [-0.25, -0.2) is 12.7 Å². The standard InChI is InChI=1S/C15H12N2O6S/c18-15-13-6-1-2-7-14(13)24(21,22)16(15)8-9-23-12-5-3-4-11(10-12)17(19)20/h1-7,10H,8-9H2. The quantitative estimate of drug-likeness (QED) is 0.602. The highest BCUT2D eigenvalue weighted by molar-refractivity contribution is 7.90. The first kappa shape index (κ1) is 15.9. The number of nitrogens with zero attached hydrogens (tertiary/aromatic N) is 2. The Morgan fingerprint density at radius 2 is 1.88 bits per heavy atom. The zero-order valence-electron chi connectivity index (χ0n) is 12.3. The van der Waals surface area contributed by atoms with Gasteiger partial charge in [-0.1, -0.05) is 18.2 Å². The van der Waals surface area contributed by atoms with Gasteiger partial charge >= 0.3 is 0 Å². The van der Waals surface area contributed by atoms with Gasteiger partial charge in [0.05, 0.1) is 23.1 Å². The summed E-state index contributed by atoms with van der Waals surface area (Å²) in [6.45, 7) is -0.293. The summed E-state index contributed by atoms with van der Waals surface area (Å²) in [5.41, 5.74) is -0.00220. The van der Waals surface area contributed by atoms with E-state index in [1.807, 2.05) is 0 Å². The monoisotopic (exact) mass is 348 g/mol. The molecule has 0 spiro atoms. The molecule has 0 saturated carbocycles. The molecule has 9 heteroatoms. The summed E-state index contributed by atoms with van der Waals surface area (Å²) < 4.78 is 30.8. The Hall–Kier alpha value is -2.94. The van der Waals surface area contributed by atoms with E-state index in [0.29, 0.717) is 0 Å². The lowest BCUT2D eigenvalue weighted by Crippen LogP contribution is -2.33. The minimum atomic E-state index is -3.88. The van der Waals surface area contributed by atoms with Crippen molar-refractivity contribution in [2.75, 3.05) is 13.2 Å². The number of sulfonamides is 1. The van der Waals surface area contributed by atoms with Gasteiger partial charge in [-0.15, -0.1) is 0 Å². The Balaban J connectivity index is 1.71. The van der Waals surface area contributed by atoms with Crippen LogP contribution in [-0.2, 0) is 10.0 Å². The fraction of sp³-hybridized carbons (Fsp3) is 0.133. The zero-order chi connectivity index (χ0) is 17.3. The number of nitro groups is 1. The molecule has 1 aliphatic rings. The highest BCUT2D eigenvalue weighted by atomic mass is 32.2. The summed E-state index contributed by atoms with van der Waals surface area (Å²) in [5.74, 6) is -0.376. The van der Waals surface area contributed by atoms with Gasteiger partial charge in [-0.05, 0) is 18.2 Å². The predicted octanol–water partition coefficient (Wildman–Crippen LogP) is 1.82. The lowest BCUT2D eigenvalue weighted by atomic mass is 10.2. The Morgan fingerprint density at radius 1 is 1.12 bits per heavy atom. The highest BCUT2D eigenvalue weighted by Gasteiger charge is 2.40. The second-order valence-electron chi connectivity index (χ2n) is 4.98. The van der Waals surface area contributed by atoms with Crippen molar-refractivity contribution in [3.05, 3.63) is 64.2 Å². The maximum absolute atomic E-state index is 12.3. The number of rotatable bonds is 5. The third kappa shape index (κ3) is 2.69. The van der Waals surface area contributed by atoms with Crippen LogP contribution in [0.25, 0.3) is 0 Å². The molecular formula is C15H12N2O6S. The van der Waals surface area contributed by atoms with E-state index in [0.717, 1.165) is 4.31 Å². The van der Waals surface area contributed by atoms with E-state index < -0.39 is 20.9 Å². The molecule has 124 valence electrons. The SMILES string of the molecule is O=C1c2ccccc2S(=O)(=O)N1CCOc1cccc([N+](=O)[O-])c1. The Labute approximate surface area is 137 Å². The van der Waals surface area contributed by atoms with Crippen molar-refractivity contribution in [1.82, 2.24) is 4.31 Å². The molecule has 0 saturated heterocycles. The van der Waals surface area contributed by atoms with Gasteiger partial charge in [0.2, 0.25) is 0 Å². The summed E-state index contributed by atoms with van der Waals surface area (Å²) in [6, 6.07) is 11.5. The van der Waals surface area contributed by atoms with Crippen LogP contribution in [0, 0.1) is 10.1 Å². The van der Waals surface area contributed by atoms with Gasteiger partial charge in [-0.2, -0.15) is 0 Å². The largest absolute Gasteiger partial charge is 0.491 e. The summed E-state index contributed by atoms with van der Waals surface area (Å²) >= 11 is 0. The highest BCUT2D eigenvalue weighted by Crippen LogP contribution is 2.29. The van der Waals surface area contributed by atoms with E-state index in [2.05, 4.69) is 0 Å². The molecule has 0 N–H and O–H groups in total. The van der Waals surface area contributed by atoms with Crippen LogP contribution >= 0.6 is 0 Å². The van der Waals surface area contributed by atoms with Gasteiger partial charge in [0.25, 0.3) is 21.6 Å². The molecule has 1 aliphatic heterocycles. The fourth-order valence-corrected chi connectivity index (χ4v) is 3.94. The summed E-state index contributed by atoms with van der Waals surface area (Å²) in [4.78, 5) is 22.3. The predicted molar refractivity (Wildman–Crippen MR) is 83.3 cm³/mol. The smallest absolute Gasteiger partial charge is 0.273 e. The zero-order valence-corrected chi connectivity index (χ0v) is 13.1. The second kappa shape index (κ2) is 5.93. The molecule has 1 heterocycles. The molecule has 2 aromatic rings. The van der Waals surface area contributed by atoms with E-state index in [1.165, 1.54) is 36.4 Å². The van der Waals surface area contributed by atoms with Crippen LogP contribution in [0.4, 0.5) is 5.69 Å². The van der Waals surface area contributed by atoms with Gasteiger partial charge in [0, 0.05) is 6.07 Å². The lowest BCUT2D eigenvalue weighted by Gasteiger charge is -2.15. The Morgan fingerprint density at radius 3 is 2.58 bits per heavy atom. The molecule has 0 aliphatic carbocycles. The van der Waals surface area contributed by atoms with Crippen molar-refractivity contribution in [3.63, 3.8) is 0 Å². The average molecular weight is 348 g/mol. The van der Waals surface area contributed by atoms with Crippen molar-refractivity contribution >= 4 is 21.6 Å². The van der Waals surface area contributed by atoms with Gasteiger partial charge < -0.3 is 4.74 Å². The molecule has 0 atom stereocenters. The maximum Gasteiger partial charge on any atom is 0.273 e. The number of ether oxygens (including phenoxy) is 1. The maximum atomic E-state index is 12.3. The van der Waals surface area contributed by atoms with E-state index in [1.54, 1.807) is 12.1 Å². The number of non-ortho nitro benzene ring substituents is 1. The fourth-order valence-electron chi connectivity index (χ4n) is 2.39. The molecule has 0 bridgehead atoms. The van der Waals surface area contributed by atoms with Crippen LogP contribution in [0.5, 0.6) is 5.75 Å². The molecule has 1 amide bonds. The number of nitro benzene ring substituents is 1. The third-order valence-corrected chi connectivity index (χ3v) is 5.34. The molecule has 24 heavy (non-hydrogen) atoms. The number of carbonyl (C=O) groups is 1. The molecule has 2 aromatic carbocycles. The first-order chi connectivity index (χ1) is 11.4. The van der Waals surface area contributed by atoms with Crippen LogP contribution in [0.3, 0.4) is 0 Å². The number of amides is 1. The molecule has 8 nitrogen and oxygen atoms in total.